The standard InChI is InChI=1S/C7H18N2O/c1-7(6-8)9-4-2-3-5-10/h7,9-10H,2-6,8H2,1H3/t7-/m1/s1. The number of hydrogen-bond donors (Lipinski definition) is 3. The van der Waals surface area contributed by atoms with E-state index in [9.17, 15) is 0 Å². The van der Waals surface area contributed by atoms with E-state index in [1.165, 1.54) is 0 Å². The van der Waals surface area contributed by atoms with Gasteiger partial charge in [-0.05, 0) is 26.3 Å². The van der Waals surface area contributed by atoms with Gasteiger partial charge in [-0.2, -0.15) is 0 Å². The number of hydrogen-bond acceptors (Lipinski definition) is 3. The van der Waals surface area contributed by atoms with Crippen LogP contribution in [0.25, 0.3) is 0 Å². The van der Waals surface area contributed by atoms with E-state index in [0.717, 1.165) is 19.4 Å². The second-order valence-electron chi connectivity index (χ2n) is 2.52. The molecule has 0 bridgehead atoms. The van der Waals surface area contributed by atoms with Gasteiger partial charge in [-0.3, -0.25) is 0 Å². The molecule has 0 aromatic rings. The fraction of sp³-hybridized carbons (Fsp3) is 1.00. The summed E-state index contributed by atoms with van der Waals surface area (Å²) in [6.07, 6.45) is 1.91. The van der Waals surface area contributed by atoms with Gasteiger partial charge in [-0.25, -0.2) is 0 Å². The number of aliphatic hydroxyl groups is 1. The number of aliphatic hydroxyl groups excluding tert-OH is 1. The number of nitrogens with one attached hydrogen (secondary N) is 1. The molecule has 3 heteroatoms. The summed E-state index contributed by atoms with van der Waals surface area (Å²) in [5, 5.41) is 11.7. The van der Waals surface area contributed by atoms with E-state index in [1.54, 1.807) is 0 Å². The molecular formula is C7H18N2O. The van der Waals surface area contributed by atoms with E-state index in [0.29, 0.717) is 19.2 Å². The smallest absolute Gasteiger partial charge is 0.0431 e. The molecule has 0 aliphatic carbocycles. The molecule has 0 heterocycles. The lowest BCUT2D eigenvalue weighted by molar-refractivity contribution is 0.283. The van der Waals surface area contributed by atoms with Gasteiger partial charge in [-0.15, -0.1) is 0 Å². The highest BCUT2D eigenvalue weighted by atomic mass is 16.2. The molecule has 0 aliphatic heterocycles. The number of unbranched alkanes of at least 4 members (excludes halogenated alkanes) is 1. The van der Waals surface area contributed by atoms with Crippen LogP contribution < -0.4 is 11.1 Å². The highest BCUT2D eigenvalue weighted by molar-refractivity contribution is 4.59. The van der Waals surface area contributed by atoms with Gasteiger partial charge < -0.3 is 16.2 Å². The zero-order valence-electron chi connectivity index (χ0n) is 6.64. The van der Waals surface area contributed by atoms with Crippen LogP contribution in [0.15, 0.2) is 0 Å². The van der Waals surface area contributed by atoms with Crippen LogP contribution >= 0.6 is 0 Å². The summed E-state index contributed by atoms with van der Waals surface area (Å²) < 4.78 is 0. The van der Waals surface area contributed by atoms with Crippen LogP contribution in [-0.4, -0.2) is 30.8 Å². The molecule has 1 atom stereocenters. The lowest BCUT2D eigenvalue weighted by atomic mass is 10.3. The summed E-state index contributed by atoms with van der Waals surface area (Å²) in [4.78, 5) is 0. The predicted molar refractivity (Wildman–Crippen MR) is 42.8 cm³/mol. The van der Waals surface area contributed by atoms with E-state index in [2.05, 4.69) is 12.2 Å². The molecule has 0 rings (SSSR count). The molecule has 0 aromatic heterocycles. The van der Waals surface area contributed by atoms with Gasteiger partial charge in [0.05, 0.1) is 0 Å². The Morgan fingerprint density at radius 3 is 2.70 bits per heavy atom. The zero-order chi connectivity index (χ0) is 7.82. The van der Waals surface area contributed by atoms with Crippen molar-refractivity contribution in [1.82, 2.24) is 5.32 Å². The van der Waals surface area contributed by atoms with Crippen molar-refractivity contribution >= 4 is 0 Å². The topological polar surface area (TPSA) is 58.3 Å². The van der Waals surface area contributed by atoms with Crippen molar-refractivity contribution in [3.05, 3.63) is 0 Å². The van der Waals surface area contributed by atoms with Crippen molar-refractivity contribution in [1.29, 1.82) is 0 Å². The molecular weight excluding hydrogens is 128 g/mol. The summed E-state index contributed by atoms with van der Waals surface area (Å²) in [7, 11) is 0. The van der Waals surface area contributed by atoms with E-state index in [1.807, 2.05) is 0 Å². The molecule has 0 amide bonds. The normalized spacial score (nSPS) is 13.5. The first kappa shape index (κ1) is 9.88. The van der Waals surface area contributed by atoms with Crippen molar-refractivity contribution < 1.29 is 5.11 Å². The molecule has 0 aromatic carbocycles. The largest absolute Gasteiger partial charge is 0.396 e. The fourth-order valence-electron chi connectivity index (χ4n) is 0.669. The Kier molecular flexibility index (Phi) is 6.91. The third-order valence-electron chi connectivity index (χ3n) is 1.43. The van der Waals surface area contributed by atoms with Crippen molar-refractivity contribution in [2.45, 2.75) is 25.8 Å². The Bertz CT molecular complexity index is 68.6. The Hall–Kier alpha value is -0.120. The highest BCUT2D eigenvalue weighted by Gasteiger charge is 1.94. The molecule has 62 valence electrons. The van der Waals surface area contributed by atoms with Gasteiger partial charge in [0.25, 0.3) is 0 Å². The number of nitrogens with two attached hydrogens (primary N) is 1. The summed E-state index contributed by atoms with van der Waals surface area (Å²) in [6, 6.07) is 0.402. The van der Waals surface area contributed by atoms with Crippen LogP contribution in [0.4, 0.5) is 0 Å². The van der Waals surface area contributed by atoms with E-state index < -0.39 is 0 Å². The summed E-state index contributed by atoms with van der Waals surface area (Å²) in [5.74, 6) is 0. The van der Waals surface area contributed by atoms with E-state index in [4.69, 9.17) is 10.8 Å². The molecule has 0 fully saturated rings. The van der Waals surface area contributed by atoms with Gasteiger partial charge in [0.15, 0.2) is 0 Å². The predicted octanol–water partition coefficient (Wildman–Crippen LogP) is -0.304. The minimum absolute atomic E-state index is 0.290. The fourth-order valence-corrected chi connectivity index (χ4v) is 0.669. The molecule has 4 N–H and O–H groups in total. The highest BCUT2D eigenvalue weighted by Crippen LogP contribution is 1.85. The van der Waals surface area contributed by atoms with Crippen molar-refractivity contribution in [2.75, 3.05) is 19.7 Å². The minimum Gasteiger partial charge on any atom is -0.396 e. The molecule has 0 radical (unpaired) electrons. The Morgan fingerprint density at radius 2 is 2.20 bits per heavy atom. The SMILES string of the molecule is C[C@H](CN)NCCCCO. The molecule has 0 unspecified atom stereocenters. The maximum absolute atomic E-state index is 8.44. The molecule has 3 nitrogen and oxygen atoms in total. The third kappa shape index (κ3) is 6.01. The van der Waals surface area contributed by atoms with Gasteiger partial charge in [0, 0.05) is 19.2 Å². The lowest BCUT2D eigenvalue weighted by Gasteiger charge is -2.09. The Morgan fingerprint density at radius 1 is 1.50 bits per heavy atom. The van der Waals surface area contributed by atoms with Crippen LogP contribution in [-0.2, 0) is 0 Å². The van der Waals surface area contributed by atoms with Crippen molar-refractivity contribution in [3.63, 3.8) is 0 Å². The second-order valence-corrected chi connectivity index (χ2v) is 2.52. The van der Waals surface area contributed by atoms with Gasteiger partial charge in [-0.1, -0.05) is 0 Å². The van der Waals surface area contributed by atoms with Crippen LogP contribution in [0.3, 0.4) is 0 Å². The average Bonchev–Trinajstić information content (AvgIpc) is 1.98. The molecule has 0 aliphatic rings. The lowest BCUT2D eigenvalue weighted by Crippen LogP contribution is -2.33. The average molecular weight is 146 g/mol. The van der Waals surface area contributed by atoms with Gasteiger partial charge in [0.2, 0.25) is 0 Å². The van der Waals surface area contributed by atoms with E-state index >= 15 is 0 Å². The van der Waals surface area contributed by atoms with Crippen LogP contribution in [0, 0.1) is 0 Å². The first-order valence-corrected chi connectivity index (χ1v) is 3.85. The van der Waals surface area contributed by atoms with Gasteiger partial charge >= 0.3 is 0 Å². The zero-order valence-corrected chi connectivity index (χ0v) is 6.64. The molecule has 0 spiro atoms. The minimum atomic E-state index is 0.290. The second kappa shape index (κ2) is 6.99. The summed E-state index contributed by atoms with van der Waals surface area (Å²) >= 11 is 0. The monoisotopic (exact) mass is 146 g/mol. The molecule has 10 heavy (non-hydrogen) atoms. The number of rotatable bonds is 6. The molecule has 0 saturated heterocycles. The van der Waals surface area contributed by atoms with Crippen LogP contribution in [0.2, 0.25) is 0 Å². The van der Waals surface area contributed by atoms with E-state index in [-0.39, 0.29) is 0 Å². The van der Waals surface area contributed by atoms with Crippen LogP contribution in [0.5, 0.6) is 0 Å². The summed E-state index contributed by atoms with van der Waals surface area (Å²) in [5.41, 5.74) is 5.37. The third-order valence-corrected chi connectivity index (χ3v) is 1.43. The first-order chi connectivity index (χ1) is 4.81. The Balaban J connectivity index is 2.89. The van der Waals surface area contributed by atoms with Gasteiger partial charge in [0.1, 0.15) is 0 Å². The Labute approximate surface area is 62.6 Å². The quantitative estimate of drug-likeness (QED) is 0.451. The van der Waals surface area contributed by atoms with Crippen LogP contribution in [0.1, 0.15) is 19.8 Å². The maximum atomic E-state index is 8.44. The van der Waals surface area contributed by atoms with Crippen molar-refractivity contribution in [2.24, 2.45) is 5.73 Å². The first-order valence-electron chi connectivity index (χ1n) is 3.85. The molecule has 0 saturated carbocycles. The summed E-state index contributed by atoms with van der Waals surface area (Å²) in [6.45, 7) is 3.98. The van der Waals surface area contributed by atoms with Crippen molar-refractivity contribution in [3.8, 4) is 0 Å². The maximum Gasteiger partial charge on any atom is 0.0431 e.